The first-order chi connectivity index (χ1) is 14.5. The number of halogens is 1. The molecule has 0 spiro atoms. The highest BCUT2D eigenvalue weighted by atomic mass is 35.5. The van der Waals surface area contributed by atoms with Crippen LogP contribution >= 0.6 is 11.6 Å². The number of nitrogens with zero attached hydrogens (tertiary/aromatic N) is 2. The first-order valence-corrected chi connectivity index (χ1v) is 9.80. The van der Waals surface area contributed by atoms with E-state index < -0.39 is 5.97 Å². The van der Waals surface area contributed by atoms with Crippen molar-refractivity contribution in [1.82, 2.24) is 9.97 Å². The van der Waals surface area contributed by atoms with Crippen molar-refractivity contribution in [2.24, 2.45) is 0 Å². The minimum absolute atomic E-state index is 0.0361. The van der Waals surface area contributed by atoms with Crippen molar-refractivity contribution in [2.45, 2.75) is 19.6 Å². The molecule has 8 heteroatoms. The molecule has 0 aliphatic carbocycles. The minimum atomic E-state index is -1.13. The van der Waals surface area contributed by atoms with Crippen LogP contribution in [0.1, 0.15) is 21.5 Å². The number of carbonyl (C=O) groups is 1. The Balaban J connectivity index is 1.54. The number of aromatic carboxylic acids is 1. The van der Waals surface area contributed by atoms with Crippen LogP contribution in [0.3, 0.4) is 0 Å². The largest absolute Gasteiger partial charge is 0.484 e. The molecular formula is C22H20ClN3O4. The van der Waals surface area contributed by atoms with E-state index in [-0.39, 0.29) is 16.7 Å². The highest BCUT2D eigenvalue weighted by Crippen LogP contribution is 2.35. The van der Waals surface area contributed by atoms with E-state index in [1.54, 1.807) is 18.5 Å². The zero-order valence-electron chi connectivity index (χ0n) is 16.3. The quantitative estimate of drug-likeness (QED) is 0.586. The second-order valence-corrected chi connectivity index (χ2v) is 7.43. The summed E-state index contributed by atoms with van der Waals surface area (Å²) in [7, 11) is 0. The average molecular weight is 426 g/mol. The fourth-order valence-electron chi connectivity index (χ4n) is 3.04. The number of carboxylic acid groups (broad SMARTS) is 1. The number of carboxylic acids is 1. The van der Waals surface area contributed by atoms with Gasteiger partial charge in [0.1, 0.15) is 11.9 Å². The van der Waals surface area contributed by atoms with Crippen LogP contribution in [0.5, 0.6) is 5.75 Å². The van der Waals surface area contributed by atoms with E-state index in [1.807, 2.05) is 25.1 Å². The molecule has 1 aliphatic heterocycles. The molecule has 3 aromatic rings. The summed E-state index contributed by atoms with van der Waals surface area (Å²) < 4.78 is 10.9. The van der Waals surface area contributed by atoms with Gasteiger partial charge in [0.2, 0.25) is 5.95 Å². The molecule has 2 heterocycles. The Morgan fingerprint density at radius 2 is 2.00 bits per heavy atom. The molecule has 1 aromatic heterocycles. The summed E-state index contributed by atoms with van der Waals surface area (Å²) in [5, 5.41) is 12.8. The van der Waals surface area contributed by atoms with Crippen LogP contribution in [0.4, 0.5) is 5.95 Å². The standard InChI is InChI=1S/C22H20ClN3O4/c1-13-3-2-4-14(5-13)8-24-22-25-9-16(10-26-22)15-6-18(21(27)28)20(23)19(7-15)30-17-11-29-12-17/h2-7,9-10,17H,8,11-12H2,1H3,(H,27,28)(H,24,25,26). The first-order valence-electron chi connectivity index (χ1n) is 9.42. The van der Waals surface area contributed by atoms with Crippen molar-refractivity contribution in [3.05, 3.63) is 70.5 Å². The molecule has 0 radical (unpaired) electrons. The van der Waals surface area contributed by atoms with Gasteiger partial charge < -0.3 is 19.9 Å². The van der Waals surface area contributed by atoms with Gasteiger partial charge in [-0.2, -0.15) is 0 Å². The first kappa shape index (κ1) is 20.1. The number of nitrogens with one attached hydrogen (secondary N) is 1. The third-order valence-corrected chi connectivity index (χ3v) is 5.08. The average Bonchev–Trinajstić information content (AvgIpc) is 2.70. The normalized spacial score (nSPS) is 13.5. The van der Waals surface area contributed by atoms with E-state index in [2.05, 4.69) is 21.4 Å². The molecule has 0 atom stereocenters. The fourth-order valence-corrected chi connectivity index (χ4v) is 3.27. The highest BCUT2D eigenvalue weighted by Gasteiger charge is 2.24. The molecule has 1 saturated heterocycles. The van der Waals surface area contributed by atoms with E-state index in [1.165, 1.54) is 11.6 Å². The molecule has 7 nitrogen and oxygen atoms in total. The molecule has 2 aromatic carbocycles. The van der Waals surface area contributed by atoms with Gasteiger partial charge in [-0.3, -0.25) is 0 Å². The molecule has 0 bridgehead atoms. The lowest BCUT2D eigenvalue weighted by atomic mass is 10.0. The van der Waals surface area contributed by atoms with Gasteiger partial charge in [0, 0.05) is 24.5 Å². The highest BCUT2D eigenvalue weighted by molar-refractivity contribution is 6.35. The number of anilines is 1. The lowest BCUT2D eigenvalue weighted by Crippen LogP contribution is -2.38. The van der Waals surface area contributed by atoms with Crippen LogP contribution in [0.2, 0.25) is 5.02 Å². The summed E-state index contributed by atoms with van der Waals surface area (Å²) >= 11 is 6.24. The summed E-state index contributed by atoms with van der Waals surface area (Å²) in [6.45, 7) is 3.55. The smallest absolute Gasteiger partial charge is 0.337 e. The summed E-state index contributed by atoms with van der Waals surface area (Å²) in [5.41, 5.74) is 3.55. The second-order valence-electron chi connectivity index (χ2n) is 7.06. The Hall–Kier alpha value is -3.16. The predicted octanol–water partition coefficient (Wildman–Crippen LogP) is 4.19. The van der Waals surface area contributed by atoms with Crippen molar-refractivity contribution in [2.75, 3.05) is 18.5 Å². The van der Waals surface area contributed by atoms with Crippen LogP contribution < -0.4 is 10.1 Å². The molecule has 30 heavy (non-hydrogen) atoms. The van der Waals surface area contributed by atoms with Gasteiger partial charge in [-0.15, -0.1) is 0 Å². The zero-order valence-corrected chi connectivity index (χ0v) is 17.0. The third kappa shape index (κ3) is 4.53. The maximum absolute atomic E-state index is 11.6. The summed E-state index contributed by atoms with van der Waals surface area (Å²) in [5.74, 6) is -0.341. The molecule has 0 saturated carbocycles. The molecule has 0 unspecified atom stereocenters. The van der Waals surface area contributed by atoms with Crippen molar-refractivity contribution in [3.8, 4) is 16.9 Å². The fraction of sp³-hybridized carbons (Fsp3) is 0.227. The number of rotatable bonds is 7. The van der Waals surface area contributed by atoms with Crippen molar-refractivity contribution in [1.29, 1.82) is 0 Å². The molecule has 1 fully saturated rings. The molecule has 4 rings (SSSR count). The van der Waals surface area contributed by atoms with Gasteiger partial charge in [0.15, 0.2) is 0 Å². The van der Waals surface area contributed by atoms with Crippen LogP contribution in [0.15, 0.2) is 48.8 Å². The van der Waals surface area contributed by atoms with Gasteiger partial charge in [0.05, 0.1) is 23.8 Å². The maximum Gasteiger partial charge on any atom is 0.337 e. The van der Waals surface area contributed by atoms with Crippen LogP contribution in [-0.4, -0.2) is 40.4 Å². The van der Waals surface area contributed by atoms with Crippen LogP contribution in [0, 0.1) is 6.92 Å². The van der Waals surface area contributed by atoms with Crippen LogP contribution in [-0.2, 0) is 11.3 Å². The Kier molecular flexibility index (Phi) is 5.83. The van der Waals surface area contributed by atoms with Gasteiger partial charge in [-0.1, -0.05) is 41.4 Å². The third-order valence-electron chi connectivity index (χ3n) is 4.69. The van der Waals surface area contributed by atoms with Crippen molar-refractivity contribution in [3.63, 3.8) is 0 Å². The lowest BCUT2D eigenvalue weighted by molar-refractivity contribution is -0.0796. The summed E-state index contributed by atoms with van der Waals surface area (Å²) in [4.78, 5) is 20.3. The number of aryl methyl sites for hydroxylation is 1. The van der Waals surface area contributed by atoms with E-state index in [4.69, 9.17) is 21.1 Å². The molecule has 2 N–H and O–H groups in total. The van der Waals surface area contributed by atoms with Gasteiger partial charge in [0.25, 0.3) is 0 Å². The van der Waals surface area contributed by atoms with Gasteiger partial charge >= 0.3 is 5.97 Å². The van der Waals surface area contributed by atoms with Crippen LogP contribution in [0.25, 0.3) is 11.1 Å². The van der Waals surface area contributed by atoms with Gasteiger partial charge in [-0.05, 0) is 30.2 Å². The molecule has 1 aliphatic rings. The van der Waals surface area contributed by atoms with E-state index in [9.17, 15) is 9.90 Å². The number of hydrogen-bond acceptors (Lipinski definition) is 6. The number of ether oxygens (including phenoxy) is 2. The summed E-state index contributed by atoms with van der Waals surface area (Å²) in [6.07, 6.45) is 3.14. The Morgan fingerprint density at radius 1 is 1.23 bits per heavy atom. The lowest BCUT2D eigenvalue weighted by Gasteiger charge is -2.27. The Bertz CT molecular complexity index is 1070. The maximum atomic E-state index is 11.6. The van der Waals surface area contributed by atoms with Crippen molar-refractivity contribution >= 4 is 23.5 Å². The monoisotopic (exact) mass is 425 g/mol. The number of aromatic nitrogens is 2. The SMILES string of the molecule is Cc1cccc(CNc2ncc(-c3cc(OC4COC4)c(Cl)c(C(=O)O)c3)cn2)c1. The molecular weight excluding hydrogens is 406 g/mol. The van der Waals surface area contributed by atoms with Crippen molar-refractivity contribution < 1.29 is 19.4 Å². The molecule has 154 valence electrons. The van der Waals surface area contributed by atoms with Gasteiger partial charge in [-0.25, -0.2) is 14.8 Å². The minimum Gasteiger partial charge on any atom is -0.484 e. The summed E-state index contributed by atoms with van der Waals surface area (Å²) in [6, 6.07) is 11.4. The van der Waals surface area contributed by atoms with E-state index in [0.717, 1.165) is 5.56 Å². The molecule has 0 amide bonds. The van der Waals surface area contributed by atoms with E-state index in [0.29, 0.717) is 42.6 Å². The number of benzene rings is 2. The Labute approximate surface area is 178 Å². The number of hydrogen-bond donors (Lipinski definition) is 2. The second kappa shape index (κ2) is 8.69. The van der Waals surface area contributed by atoms with E-state index >= 15 is 0 Å². The zero-order chi connectivity index (χ0) is 21.1. The Morgan fingerprint density at radius 3 is 2.63 bits per heavy atom. The predicted molar refractivity (Wildman–Crippen MR) is 113 cm³/mol. The topological polar surface area (TPSA) is 93.6 Å².